The zero-order valence-corrected chi connectivity index (χ0v) is 17.1. The highest BCUT2D eigenvalue weighted by Gasteiger charge is 2.14. The van der Waals surface area contributed by atoms with Crippen LogP contribution >= 0.6 is 0 Å². The van der Waals surface area contributed by atoms with Gasteiger partial charge in [-0.25, -0.2) is 9.97 Å². The molecule has 4 heteroatoms. The number of aryl methyl sites for hydroxylation is 1. The van der Waals surface area contributed by atoms with Crippen LogP contribution in [-0.4, -0.2) is 21.1 Å². The van der Waals surface area contributed by atoms with Gasteiger partial charge >= 0.3 is 0 Å². The van der Waals surface area contributed by atoms with Gasteiger partial charge in [0.1, 0.15) is 17.1 Å². The maximum Gasteiger partial charge on any atom is 0.157 e. The second-order valence-electron chi connectivity index (χ2n) is 8.39. The molecule has 0 bridgehead atoms. The van der Waals surface area contributed by atoms with E-state index in [1.165, 1.54) is 50.5 Å². The van der Waals surface area contributed by atoms with Gasteiger partial charge in [-0.3, -0.25) is 0 Å². The van der Waals surface area contributed by atoms with Gasteiger partial charge in [0.2, 0.25) is 0 Å². The number of nitrogens with one attached hydrogen (secondary N) is 1. The Labute approximate surface area is 167 Å². The van der Waals surface area contributed by atoms with E-state index >= 15 is 0 Å². The molecule has 1 aromatic carbocycles. The molecule has 4 rings (SSSR count). The molecule has 148 valence electrons. The first-order chi connectivity index (χ1) is 13.7. The first-order valence-electron chi connectivity index (χ1n) is 10.8. The zero-order valence-electron chi connectivity index (χ0n) is 17.1. The van der Waals surface area contributed by atoms with Crippen molar-refractivity contribution in [2.45, 2.75) is 71.3 Å². The second kappa shape index (κ2) is 8.76. The molecule has 1 fully saturated rings. The Balaban J connectivity index is 1.54. The third-order valence-corrected chi connectivity index (χ3v) is 5.67. The van der Waals surface area contributed by atoms with Crippen molar-refractivity contribution >= 4 is 11.2 Å². The van der Waals surface area contributed by atoms with E-state index in [0.29, 0.717) is 0 Å². The van der Waals surface area contributed by atoms with Gasteiger partial charge in [0.15, 0.2) is 5.65 Å². The van der Waals surface area contributed by atoms with Gasteiger partial charge in [-0.05, 0) is 68.5 Å². The maximum absolute atomic E-state index is 6.03. The number of ether oxygens (including phenoxy) is 1. The van der Waals surface area contributed by atoms with Crippen LogP contribution < -0.4 is 4.74 Å². The number of pyridine rings is 1. The van der Waals surface area contributed by atoms with Crippen molar-refractivity contribution < 1.29 is 4.74 Å². The van der Waals surface area contributed by atoms with Crippen LogP contribution in [0.5, 0.6) is 5.75 Å². The third-order valence-electron chi connectivity index (χ3n) is 5.67. The van der Waals surface area contributed by atoms with Gasteiger partial charge in [0.25, 0.3) is 0 Å². The summed E-state index contributed by atoms with van der Waals surface area (Å²) in [5.74, 6) is 2.72. The minimum atomic E-state index is 0.155. The molecular formula is C24H31N3O. The summed E-state index contributed by atoms with van der Waals surface area (Å²) in [7, 11) is 0. The van der Waals surface area contributed by atoms with Crippen molar-refractivity contribution in [1.82, 2.24) is 15.0 Å². The number of hydrogen-bond donors (Lipinski definition) is 1. The number of aromatic nitrogens is 3. The molecule has 0 unspecified atom stereocenters. The molecule has 0 atom stereocenters. The fourth-order valence-electron chi connectivity index (χ4n) is 4.33. The average Bonchev–Trinajstić information content (AvgIpc) is 3.12. The smallest absolute Gasteiger partial charge is 0.157 e. The Hall–Kier alpha value is -2.36. The summed E-state index contributed by atoms with van der Waals surface area (Å²) in [5.41, 5.74) is 4.12. The topological polar surface area (TPSA) is 50.8 Å². The highest BCUT2D eigenvalue weighted by atomic mass is 16.5. The molecule has 3 aromatic rings. The Bertz CT molecular complexity index is 876. The monoisotopic (exact) mass is 377 g/mol. The molecule has 28 heavy (non-hydrogen) atoms. The molecule has 2 heterocycles. The molecule has 1 aliphatic carbocycles. The van der Waals surface area contributed by atoms with E-state index in [1.807, 2.05) is 12.1 Å². The number of benzene rings is 1. The molecule has 1 aliphatic rings. The molecule has 0 saturated heterocycles. The predicted octanol–water partition coefficient (Wildman–Crippen LogP) is 6.32. The Morgan fingerprint density at radius 1 is 1.14 bits per heavy atom. The largest absolute Gasteiger partial charge is 0.491 e. The standard InChI is InChI=1S/C24H31N3O/c1-17(2)28-21-15-19(11-6-10-18-8-4-3-5-9-18)14-20(16-21)23-26-22-12-7-13-25-24(22)27-23/h7,12-18H,3-6,8-11H2,1-2H3,(H,25,26,27). The highest BCUT2D eigenvalue weighted by molar-refractivity contribution is 5.76. The highest BCUT2D eigenvalue weighted by Crippen LogP contribution is 2.30. The number of nitrogens with zero attached hydrogens (tertiary/aromatic N) is 2. The van der Waals surface area contributed by atoms with Gasteiger partial charge in [0, 0.05) is 11.8 Å². The number of rotatable bonds is 7. The Morgan fingerprint density at radius 3 is 2.79 bits per heavy atom. The van der Waals surface area contributed by atoms with Crippen molar-refractivity contribution in [2.75, 3.05) is 0 Å². The lowest BCUT2D eigenvalue weighted by Crippen LogP contribution is -2.07. The molecule has 0 radical (unpaired) electrons. The van der Waals surface area contributed by atoms with Crippen molar-refractivity contribution in [1.29, 1.82) is 0 Å². The average molecular weight is 378 g/mol. The van der Waals surface area contributed by atoms with E-state index in [-0.39, 0.29) is 6.10 Å². The summed E-state index contributed by atoms with van der Waals surface area (Å²) in [6.45, 7) is 4.14. The van der Waals surface area contributed by atoms with E-state index in [1.54, 1.807) is 6.20 Å². The van der Waals surface area contributed by atoms with Crippen LogP contribution in [0.15, 0.2) is 36.5 Å². The fourth-order valence-corrected chi connectivity index (χ4v) is 4.33. The lowest BCUT2D eigenvalue weighted by atomic mass is 9.85. The van der Waals surface area contributed by atoms with Crippen molar-refractivity contribution in [2.24, 2.45) is 5.92 Å². The summed E-state index contributed by atoms with van der Waals surface area (Å²) < 4.78 is 6.03. The summed E-state index contributed by atoms with van der Waals surface area (Å²) in [6, 6.07) is 10.4. The van der Waals surface area contributed by atoms with Crippen LogP contribution in [0.4, 0.5) is 0 Å². The first kappa shape index (κ1) is 19.0. The number of fused-ring (bicyclic) bond motifs is 1. The predicted molar refractivity (Wildman–Crippen MR) is 115 cm³/mol. The number of H-pyrrole nitrogens is 1. The fraction of sp³-hybridized carbons (Fsp3) is 0.500. The van der Waals surface area contributed by atoms with Crippen LogP contribution in [0.1, 0.15) is 64.4 Å². The van der Waals surface area contributed by atoms with Crippen molar-refractivity contribution in [3.63, 3.8) is 0 Å². The first-order valence-corrected chi connectivity index (χ1v) is 10.8. The minimum absolute atomic E-state index is 0.155. The van der Waals surface area contributed by atoms with Gasteiger partial charge in [-0.15, -0.1) is 0 Å². The van der Waals surface area contributed by atoms with E-state index in [4.69, 9.17) is 9.72 Å². The molecule has 0 aliphatic heterocycles. The van der Waals surface area contributed by atoms with E-state index in [9.17, 15) is 0 Å². The molecular weight excluding hydrogens is 346 g/mol. The summed E-state index contributed by atoms with van der Waals surface area (Å²) in [6.07, 6.45) is 12.8. The summed E-state index contributed by atoms with van der Waals surface area (Å²) in [4.78, 5) is 12.4. The van der Waals surface area contributed by atoms with Crippen molar-refractivity contribution in [3.8, 4) is 17.1 Å². The molecule has 0 amide bonds. The van der Waals surface area contributed by atoms with E-state index in [0.717, 1.165) is 40.6 Å². The van der Waals surface area contributed by atoms with Crippen molar-refractivity contribution in [3.05, 3.63) is 42.1 Å². The molecule has 4 nitrogen and oxygen atoms in total. The van der Waals surface area contributed by atoms with Crippen LogP contribution in [0.25, 0.3) is 22.6 Å². The second-order valence-corrected chi connectivity index (χ2v) is 8.39. The maximum atomic E-state index is 6.03. The van der Waals surface area contributed by atoms with Crippen LogP contribution in [-0.2, 0) is 6.42 Å². The minimum Gasteiger partial charge on any atom is -0.491 e. The van der Waals surface area contributed by atoms with Gasteiger partial charge < -0.3 is 9.72 Å². The number of hydrogen-bond acceptors (Lipinski definition) is 3. The van der Waals surface area contributed by atoms with Gasteiger partial charge in [-0.1, -0.05) is 38.5 Å². The number of aromatic amines is 1. The lowest BCUT2D eigenvalue weighted by molar-refractivity contribution is 0.242. The molecule has 2 aromatic heterocycles. The quantitative estimate of drug-likeness (QED) is 0.524. The summed E-state index contributed by atoms with van der Waals surface area (Å²) in [5, 5.41) is 0. The summed E-state index contributed by atoms with van der Waals surface area (Å²) >= 11 is 0. The lowest BCUT2D eigenvalue weighted by Gasteiger charge is -2.21. The third kappa shape index (κ3) is 4.73. The molecule has 0 spiro atoms. The van der Waals surface area contributed by atoms with Crippen LogP contribution in [0.2, 0.25) is 0 Å². The molecule has 1 N–H and O–H groups in total. The van der Waals surface area contributed by atoms with Gasteiger partial charge in [0.05, 0.1) is 6.10 Å². The van der Waals surface area contributed by atoms with E-state index < -0.39 is 0 Å². The Morgan fingerprint density at radius 2 is 2.00 bits per heavy atom. The normalized spacial score (nSPS) is 15.4. The Kier molecular flexibility index (Phi) is 5.94. The van der Waals surface area contributed by atoms with Crippen LogP contribution in [0.3, 0.4) is 0 Å². The SMILES string of the molecule is CC(C)Oc1cc(CCCC2CCCCC2)cc(-c2nc3cccnc3[nH]2)c1. The van der Waals surface area contributed by atoms with Crippen LogP contribution in [0, 0.1) is 5.92 Å². The zero-order chi connectivity index (χ0) is 19.3. The number of imidazole rings is 1. The van der Waals surface area contributed by atoms with Gasteiger partial charge in [-0.2, -0.15) is 0 Å². The molecule has 1 saturated carbocycles. The van der Waals surface area contributed by atoms with E-state index in [2.05, 4.69) is 42.0 Å².